The Balaban J connectivity index is 2.07. The molecule has 0 bridgehead atoms. The van der Waals surface area contributed by atoms with E-state index in [-0.39, 0.29) is 17.1 Å². The van der Waals surface area contributed by atoms with Crippen LogP contribution in [0.2, 0.25) is 5.28 Å². The van der Waals surface area contributed by atoms with Gasteiger partial charge < -0.3 is 10.6 Å². The first kappa shape index (κ1) is 12.1. The fourth-order valence-electron chi connectivity index (χ4n) is 2.07. The number of carbonyl (C=O) groups excluding carboxylic acids is 1. The highest BCUT2D eigenvalue weighted by Crippen LogP contribution is 2.22. The highest BCUT2D eigenvalue weighted by molar-refractivity contribution is 6.28. The fraction of sp³-hybridized carbons (Fsp3) is 0.545. The number of aromatic nitrogens is 2. The van der Waals surface area contributed by atoms with Crippen molar-refractivity contribution in [3.05, 3.63) is 17.0 Å². The molecule has 17 heavy (non-hydrogen) atoms. The molecule has 1 fully saturated rings. The van der Waals surface area contributed by atoms with Crippen molar-refractivity contribution in [2.24, 2.45) is 11.7 Å². The van der Waals surface area contributed by atoms with Crippen LogP contribution in [-0.4, -0.2) is 29.0 Å². The number of aryl methyl sites for hydroxylation is 1. The number of nitrogens with zero attached hydrogens (tertiary/aromatic N) is 3. The molecule has 1 aromatic rings. The summed E-state index contributed by atoms with van der Waals surface area (Å²) in [6, 6.07) is 1.90. The number of carbonyl (C=O) groups is 1. The smallest absolute Gasteiger partial charge is 0.224 e. The molecule has 2 rings (SSSR count). The first-order valence-electron chi connectivity index (χ1n) is 5.61. The third kappa shape index (κ3) is 2.85. The Bertz CT molecular complexity index is 409. The quantitative estimate of drug-likeness (QED) is 0.804. The molecule has 0 aliphatic carbocycles. The minimum atomic E-state index is -0.207. The van der Waals surface area contributed by atoms with Crippen molar-refractivity contribution >= 4 is 23.3 Å². The van der Waals surface area contributed by atoms with E-state index in [1.54, 1.807) is 0 Å². The van der Waals surface area contributed by atoms with Crippen LogP contribution in [0.3, 0.4) is 0 Å². The van der Waals surface area contributed by atoms with Gasteiger partial charge in [0.15, 0.2) is 0 Å². The van der Waals surface area contributed by atoms with E-state index < -0.39 is 0 Å². The third-order valence-corrected chi connectivity index (χ3v) is 3.20. The zero-order valence-electron chi connectivity index (χ0n) is 9.69. The predicted molar refractivity (Wildman–Crippen MR) is 65.9 cm³/mol. The largest absolute Gasteiger partial charge is 0.369 e. The van der Waals surface area contributed by atoms with E-state index in [0.29, 0.717) is 0 Å². The van der Waals surface area contributed by atoms with Gasteiger partial charge in [0.05, 0.1) is 0 Å². The Hall–Kier alpha value is -1.36. The molecule has 92 valence electrons. The molecule has 5 nitrogen and oxygen atoms in total. The van der Waals surface area contributed by atoms with Gasteiger partial charge in [-0.1, -0.05) is 0 Å². The lowest BCUT2D eigenvalue weighted by molar-refractivity contribution is -0.122. The molecular weight excluding hydrogens is 240 g/mol. The van der Waals surface area contributed by atoms with Crippen LogP contribution in [0.1, 0.15) is 18.5 Å². The third-order valence-electron chi connectivity index (χ3n) is 3.03. The Labute approximate surface area is 105 Å². The van der Waals surface area contributed by atoms with Crippen LogP contribution < -0.4 is 10.6 Å². The Kier molecular flexibility index (Phi) is 3.47. The molecule has 0 unspecified atom stereocenters. The van der Waals surface area contributed by atoms with Gasteiger partial charge in [-0.05, 0) is 31.4 Å². The number of primary amides is 1. The maximum atomic E-state index is 11.1. The first-order chi connectivity index (χ1) is 8.06. The first-order valence-corrected chi connectivity index (χ1v) is 5.99. The number of hydrogen-bond acceptors (Lipinski definition) is 4. The van der Waals surface area contributed by atoms with Crippen LogP contribution in [0.25, 0.3) is 0 Å². The molecule has 6 heteroatoms. The summed E-state index contributed by atoms with van der Waals surface area (Å²) in [7, 11) is 0. The van der Waals surface area contributed by atoms with Gasteiger partial charge in [0.1, 0.15) is 5.82 Å². The number of halogens is 1. The molecule has 0 saturated carbocycles. The average molecular weight is 255 g/mol. The number of rotatable bonds is 2. The molecule has 1 amide bonds. The predicted octanol–water partition coefficient (Wildman–Crippen LogP) is 1.14. The van der Waals surface area contributed by atoms with Gasteiger partial charge in [0.2, 0.25) is 11.2 Å². The molecule has 2 heterocycles. The van der Waals surface area contributed by atoms with Gasteiger partial charge in [0.25, 0.3) is 0 Å². The molecular formula is C11H15ClN4O. The van der Waals surface area contributed by atoms with Crippen molar-refractivity contribution in [1.29, 1.82) is 0 Å². The van der Waals surface area contributed by atoms with Crippen LogP contribution in [0.5, 0.6) is 0 Å². The monoisotopic (exact) mass is 254 g/mol. The van der Waals surface area contributed by atoms with Crippen molar-refractivity contribution in [3.8, 4) is 0 Å². The summed E-state index contributed by atoms with van der Waals surface area (Å²) in [6.07, 6.45) is 1.55. The summed E-state index contributed by atoms with van der Waals surface area (Å²) in [6.45, 7) is 3.44. The summed E-state index contributed by atoms with van der Waals surface area (Å²) in [5.41, 5.74) is 6.14. The second-order valence-corrected chi connectivity index (χ2v) is 4.64. The van der Waals surface area contributed by atoms with Crippen molar-refractivity contribution in [2.45, 2.75) is 19.8 Å². The summed E-state index contributed by atoms with van der Waals surface area (Å²) in [5.74, 6) is 0.608. The van der Waals surface area contributed by atoms with Gasteiger partial charge in [-0.15, -0.1) is 0 Å². The summed E-state index contributed by atoms with van der Waals surface area (Å²) < 4.78 is 0. The van der Waals surface area contributed by atoms with E-state index in [9.17, 15) is 4.79 Å². The number of nitrogens with two attached hydrogens (primary N) is 1. The van der Waals surface area contributed by atoms with Crippen molar-refractivity contribution < 1.29 is 4.79 Å². The van der Waals surface area contributed by atoms with E-state index in [2.05, 4.69) is 14.9 Å². The summed E-state index contributed by atoms with van der Waals surface area (Å²) in [5, 5.41) is 0.261. The lowest BCUT2D eigenvalue weighted by Gasteiger charge is -2.31. The number of amides is 1. The highest BCUT2D eigenvalue weighted by atomic mass is 35.5. The molecule has 1 aromatic heterocycles. The molecule has 1 aliphatic heterocycles. The van der Waals surface area contributed by atoms with Gasteiger partial charge >= 0.3 is 0 Å². The topological polar surface area (TPSA) is 72.1 Å². The van der Waals surface area contributed by atoms with Crippen molar-refractivity contribution in [2.75, 3.05) is 18.0 Å². The van der Waals surface area contributed by atoms with E-state index in [0.717, 1.165) is 37.4 Å². The van der Waals surface area contributed by atoms with Crippen LogP contribution in [0.15, 0.2) is 6.07 Å². The second-order valence-electron chi connectivity index (χ2n) is 4.30. The zero-order valence-corrected chi connectivity index (χ0v) is 10.4. The fourth-order valence-corrected chi connectivity index (χ4v) is 2.29. The minimum Gasteiger partial charge on any atom is -0.369 e. The Morgan fingerprint density at radius 1 is 1.47 bits per heavy atom. The maximum absolute atomic E-state index is 11.1. The van der Waals surface area contributed by atoms with Gasteiger partial charge in [-0.25, -0.2) is 9.97 Å². The molecule has 0 radical (unpaired) electrons. The van der Waals surface area contributed by atoms with Crippen LogP contribution in [0, 0.1) is 12.8 Å². The zero-order chi connectivity index (χ0) is 12.4. The van der Waals surface area contributed by atoms with E-state index in [1.807, 2.05) is 13.0 Å². The lowest BCUT2D eigenvalue weighted by Crippen LogP contribution is -2.39. The summed E-state index contributed by atoms with van der Waals surface area (Å²) >= 11 is 5.83. The van der Waals surface area contributed by atoms with Crippen LogP contribution in [-0.2, 0) is 4.79 Å². The van der Waals surface area contributed by atoms with E-state index in [1.165, 1.54) is 0 Å². The molecule has 0 spiro atoms. The molecule has 1 saturated heterocycles. The normalized spacial score (nSPS) is 17.2. The SMILES string of the molecule is Cc1cc(N2CCC(C(N)=O)CC2)nc(Cl)n1. The van der Waals surface area contributed by atoms with Gasteiger partial charge in [-0.2, -0.15) is 0 Å². The second kappa shape index (κ2) is 4.87. The number of anilines is 1. The van der Waals surface area contributed by atoms with E-state index in [4.69, 9.17) is 17.3 Å². The van der Waals surface area contributed by atoms with Crippen molar-refractivity contribution in [3.63, 3.8) is 0 Å². The van der Waals surface area contributed by atoms with Crippen molar-refractivity contribution in [1.82, 2.24) is 9.97 Å². The minimum absolute atomic E-state index is 0.00958. The Morgan fingerprint density at radius 2 is 2.12 bits per heavy atom. The number of piperidine rings is 1. The molecule has 2 N–H and O–H groups in total. The van der Waals surface area contributed by atoms with Crippen LogP contribution in [0.4, 0.5) is 5.82 Å². The van der Waals surface area contributed by atoms with Gasteiger partial charge in [-0.3, -0.25) is 4.79 Å². The van der Waals surface area contributed by atoms with Crippen LogP contribution >= 0.6 is 11.6 Å². The van der Waals surface area contributed by atoms with Gasteiger partial charge in [0, 0.05) is 30.8 Å². The Morgan fingerprint density at radius 3 is 2.65 bits per heavy atom. The summed E-state index contributed by atoms with van der Waals surface area (Å²) in [4.78, 5) is 21.4. The maximum Gasteiger partial charge on any atom is 0.224 e. The standard InChI is InChI=1S/C11H15ClN4O/c1-7-6-9(15-11(12)14-7)16-4-2-8(3-5-16)10(13)17/h6,8H,2-5H2,1H3,(H2,13,17). The highest BCUT2D eigenvalue weighted by Gasteiger charge is 2.24. The molecule has 1 aliphatic rings. The molecule has 0 aromatic carbocycles. The average Bonchev–Trinajstić information content (AvgIpc) is 2.28. The number of hydrogen-bond donors (Lipinski definition) is 1. The lowest BCUT2D eigenvalue weighted by atomic mass is 9.96. The molecule has 0 atom stereocenters. The van der Waals surface area contributed by atoms with E-state index >= 15 is 0 Å².